The molecule has 54 valence electrons. The van der Waals surface area contributed by atoms with E-state index in [1.165, 1.54) is 6.92 Å². The lowest BCUT2D eigenvalue weighted by molar-refractivity contribution is -0.432. The smallest absolute Gasteiger partial charge is 0.130 e. The minimum atomic E-state index is 0.0871. The molecule has 0 aromatic rings. The zero-order chi connectivity index (χ0) is 7.11. The largest absolute Gasteiger partial charge is 0.300 e. The van der Waals surface area contributed by atoms with E-state index in [0.29, 0.717) is 12.2 Å². The van der Waals surface area contributed by atoms with Crippen LogP contribution >= 0.6 is 12.0 Å². The highest BCUT2D eigenvalue weighted by Gasteiger charge is 1.93. The Morgan fingerprint density at radius 1 is 1.78 bits per heavy atom. The predicted octanol–water partition coefficient (Wildman–Crippen LogP) is 1.03. The lowest BCUT2D eigenvalue weighted by Crippen LogP contribution is -1.92. The van der Waals surface area contributed by atoms with Gasteiger partial charge >= 0.3 is 0 Å². The third kappa shape index (κ3) is 7.90. The summed E-state index contributed by atoms with van der Waals surface area (Å²) in [7, 11) is 0. The zero-order valence-electron chi connectivity index (χ0n) is 4.99. The molecule has 0 radical (unpaired) electrons. The minimum absolute atomic E-state index is 0.0871. The molecular weight excluding hydrogens is 144 g/mol. The maximum atomic E-state index is 10.2. The third-order valence-electron chi connectivity index (χ3n) is 0.616. The van der Waals surface area contributed by atoms with Gasteiger partial charge in [0.1, 0.15) is 5.78 Å². The molecule has 0 amide bonds. The van der Waals surface area contributed by atoms with Gasteiger partial charge in [-0.15, -0.1) is 4.33 Å². The fraction of sp³-hybridized carbons (Fsp3) is 0.750. The van der Waals surface area contributed by atoms with E-state index in [2.05, 4.69) is 9.37 Å². The molecular formula is C4H8O4S. The van der Waals surface area contributed by atoms with E-state index >= 15 is 0 Å². The fourth-order valence-corrected chi connectivity index (χ4v) is 0.723. The summed E-state index contributed by atoms with van der Waals surface area (Å²) in [6.45, 7) is 1.49. The van der Waals surface area contributed by atoms with Gasteiger partial charge in [-0.25, -0.2) is 5.26 Å². The summed E-state index contributed by atoms with van der Waals surface area (Å²) in [5.41, 5.74) is 0. The Morgan fingerprint density at radius 2 is 2.44 bits per heavy atom. The predicted molar refractivity (Wildman–Crippen MR) is 32.6 cm³/mol. The average Bonchev–Trinajstić information content (AvgIpc) is 1.80. The van der Waals surface area contributed by atoms with Crippen molar-refractivity contribution in [2.45, 2.75) is 13.3 Å². The fourth-order valence-electron chi connectivity index (χ4n) is 0.241. The summed E-state index contributed by atoms with van der Waals surface area (Å²) in [5.74, 6) is 0.583. The summed E-state index contributed by atoms with van der Waals surface area (Å²) in [5, 5.41) is 10.9. The Bertz CT molecular complexity index is 84.6. The summed E-state index contributed by atoms with van der Waals surface area (Å²) in [6.07, 6.45) is 0.425. The molecule has 0 saturated carbocycles. The lowest BCUT2D eigenvalue weighted by Gasteiger charge is -1.92. The molecule has 0 unspecified atom stereocenters. The molecule has 4 nitrogen and oxygen atoms in total. The SMILES string of the molecule is CC(=O)CCSOOO. The zero-order valence-corrected chi connectivity index (χ0v) is 5.81. The van der Waals surface area contributed by atoms with Crippen LogP contribution in [0.2, 0.25) is 0 Å². The molecule has 0 rings (SSSR count). The van der Waals surface area contributed by atoms with E-state index in [1.54, 1.807) is 0 Å². The number of hydrogen-bond acceptors (Lipinski definition) is 5. The van der Waals surface area contributed by atoms with Crippen molar-refractivity contribution in [3.05, 3.63) is 0 Å². The van der Waals surface area contributed by atoms with Gasteiger partial charge in [-0.1, -0.05) is 5.04 Å². The number of rotatable bonds is 5. The van der Waals surface area contributed by atoms with Crippen LogP contribution in [0.1, 0.15) is 13.3 Å². The molecule has 5 heteroatoms. The van der Waals surface area contributed by atoms with Crippen LogP contribution in [0.3, 0.4) is 0 Å². The maximum absolute atomic E-state index is 10.2. The molecule has 9 heavy (non-hydrogen) atoms. The van der Waals surface area contributed by atoms with E-state index < -0.39 is 0 Å². The molecule has 0 aliphatic rings. The Morgan fingerprint density at radius 3 is 2.89 bits per heavy atom. The van der Waals surface area contributed by atoms with E-state index in [1.807, 2.05) is 0 Å². The average molecular weight is 152 g/mol. The van der Waals surface area contributed by atoms with Crippen LogP contribution < -0.4 is 0 Å². The normalized spacial score (nSPS) is 9.56. The molecule has 0 heterocycles. The van der Waals surface area contributed by atoms with Crippen molar-refractivity contribution in [1.82, 2.24) is 0 Å². The monoisotopic (exact) mass is 152 g/mol. The number of carbonyl (C=O) groups excluding carboxylic acids is 1. The van der Waals surface area contributed by atoms with Gasteiger partial charge in [-0.2, -0.15) is 0 Å². The van der Waals surface area contributed by atoms with Gasteiger partial charge in [0.2, 0.25) is 0 Å². The molecule has 0 aliphatic heterocycles. The van der Waals surface area contributed by atoms with Crippen molar-refractivity contribution < 1.29 is 19.4 Å². The second-order valence-corrected chi connectivity index (χ2v) is 2.20. The number of Topliss-reactive ketones (excluding diaryl/α,β-unsaturated/α-hetero) is 1. The Hall–Kier alpha value is -0.100. The van der Waals surface area contributed by atoms with Gasteiger partial charge in [-0.3, -0.25) is 4.79 Å². The van der Waals surface area contributed by atoms with Gasteiger partial charge < -0.3 is 0 Å². The van der Waals surface area contributed by atoms with Crippen LogP contribution in [0.15, 0.2) is 0 Å². The van der Waals surface area contributed by atoms with Gasteiger partial charge in [0.05, 0.1) is 0 Å². The summed E-state index contributed by atoms with van der Waals surface area (Å²) < 4.78 is 4.00. The molecule has 0 bridgehead atoms. The topological polar surface area (TPSA) is 55.8 Å². The molecule has 0 aliphatic carbocycles. The minimum Gasteiger partial charge on any atom is -0.300 e. The molecule has 1 N–H and O–H groups in total. The van der Waals surface area contributed by atoms with Gasteiger partial charge in [-0.05, 0) is 6.92 Å². The van der Waals surface area contributed by atoms with Crippen LogP contribution in [0.4, 0.5) is 0 Å². The maximum Gasteiger partial charge on any atom is 0.130 e. The first kappa shape index (κ1) is 8.90. The third-order valence-corrected chi connectivity index (χ3v) is 1.14. The van der Waals surface area contributed by atoms with Crippen molar-refractivity contribution in [1.29, 1.82) is 0 Å². The molecule has 0 fully saturated rings. The Labute approximate surface area is 57.2 Å². The standard InChI is InChI=1S/C4H8O4S/c1-4(5)2-3-9-8-7-6/h6H,2-3H2,1H3. The molecule has 0 aromatic carbocycles. The highest BCUT2D eigenvalue weighted by Crippen LogP contribution is 2.03. The van der Waals surface area contributed by atoms with Gasteiger partial charge in [0, 0.05) is 24.2 Å². The van der Waals surface area contributed by atoms with E-state index in [9.17, 15) is 4.79 Å². The first-order chi connectivity index (χ1) is 4.27. The Balaban J connectivity index is 2.83. The number of hydrogen-bond donors (Lipinski definition) is 1. The first-order valence-electron chi connectivity index (χ1n) is 2.36. The molecule has 0 saturated heterocycles. The van der Waals surface area contributed by atoms with Crippen molar-refractivity contribution in [2.24, 2.45) is 0 Å². The first-order valence-corrected chi connectivity index (χ1v) is 3.27. The van der Waals surface area contributed by atoms with Crippen LogP contribution in [-0.2, 0) is 14.2 Å². The van der Waals surface area contributed by atoms with Crippen molar-refractivity contribution >= 4 is 17.8 Å². The van der Waals surface area contributed by atoms with Crippen LogP contribution in [0.5, 0.6) is 0 Å². The van der Waals surface area contributed by atoms with Crippen molar-refractivity contribution in [3.8, 4) is 0 Å². The van der Waals surface area contributed by atoms with E-state index in [-0.39, 0.29) is 5.78 Å². The van der Waals surface area contributed by atoms with Crippen molar-refractivity contribution in [2.75, 3.05) is 5.75 Å². The second kappa shape index (κ2) is 6.03. The quantitative estimate of drug-likeness (QED) is 0.276. The lowest BCUT2D eigenvalue weighted by atomic mass is 10.4. The van der Waals surface area contributed by atoms with Crippen LogP contribution in [-0.4, -0.2) is 16.8 Å². The number of ketones is 1. The Kier molecular flexibility index (Phi) is 5.96. The highest BCUT2D eigenvalue weighted by atomic mass is 32.2. The van der Waals surface area contributed by atoms with Gasteiger partial charge in [0.25, 0.3) is 0 Å². The second-order valence-electron chi connectivity index (χ2n) is 1.42. The molecule has 0 atom stereocenters. The van der Waals surface area contributed by atoms with Crippen LogP contribution in [0.25, 0.3) is 0 Å². The molecule has 0 spiro atoms. The summed E-state index contributed by atoms with van der Waals surface area (Å²) in [4.78, 5) is 10.2. The van der Waals surface area contributed by atoms with Gasteiger partial charge in [0.15, 0.2) is 0 Å². The highest BCUT2D eigenvalue weighted by molar-refractivity contribution is 7.94. The van der Waals surface area contributed by atoms with Crippen LogP contribution in [0, 0.1) is 0 Å². The van der Waals surface area contributed by atoms with E-state index in [0.717, 1.165) is 12.0 Å². The molecule has 0 aromatic heterocycles. The summed E-state index contributed by atoms with van der Waals surface area (Å²) in [6, 6.07) is 0. The van der Waals surface area contributed by atoms with E-state index in [4.69, 9.17) is 5.26 Å². The number of carbonyl (C=O) groups is 1. The summed E-state index contributed by atoms with van der Waals surface area (Å²) >= 11 is 0.889. The van der Waals surface area contributed by atoms with Crippen molar-refractivity contribution in [3.63, 3.8) is 0 Å².